The van der Waals surface area contributed by atoms with Gasteiger partial charge in [-0.25, -0.2) is 4.72 Å². The van der Waals surface area contributed by atoms with Gasteiger partial charge in [-0.15, -0.1) is 0 Å². The van der Waals surface area contributed by atoms with Crippen LogP contribution in [-0.2, 0) is 11.3 Å². The molecule has 14 heavy (non-hydrogen) atoms. The first-order valence-electron chi connectivity index (χ1n) is 4.60. The van der Waals surface area contributed by atoms with Gasteiger partial charge in [-0.05, 0) is 6.42 Å². The first-order valence-corrected chi connectivity index (χ1v) is 5.67. The van der Waals surface area contributed by atoms with Crippen molar-refractivity contribution < 1.29 is 8.76 Å². The second-order valence-corrected chi connectivity index (χ2v) is 3.40. The fraction of sp³-hybridized carbons (Fsp3) is 0.400. The third-order valence-electron chi connectivity index (χ3n) is 1.42. The van der Waals surface area contributed by atoms with Gasteiger partial charge in [-0.3, -0.25) is 4.21 Å². The van der Waals surface area contributed by atoms with Gasteiger partial charge in [0.1, 0.15) is 0 Å². The highest BCUT2D eigenvalue weighted by molar-refractivity contribution is 7.77. The Hall–Kier alpha value is -0.710. The van der Waals surface area contributed by atoms with Gasteiger partial charge >= 0.3 is 0 Å². The van der Waals surface area contributed by atoms with Crippen LogP contribution in [0.5, 0.6) is 0 Å². The van der Waals surface area contributed by atoms with Crippen LogP contribution in [0, 0.1) is 0 Å². The Balaban J connectivity index is 0.000000249. The third kappa shape index (κ3) is 11.3. The van der Waals surface area contributed by atoms with Crippen LogP contribution in [0.3, 0.4) is 0 Å². The predicted octanol–water partition coefficient (Wildman–Crippen LogP) is 1.86. The Bertz CT molecular complexity index is 202. The molecule has 0 heterocycles. The van der Waals surface area contributed by atoms with E-state index in [9.17, 15) is 8.76 Å². The fourth-order valence-corrected chi connectivity index (χ4v) is 1.03. The van der Waals surface area contributed by atoms with Gasteiger partial charge in [0.2, 0.25) is 0 Å². The van der Waals surface area contributed by atoms with Gasteiger partial charge in [-0.1, -0.05) is 49.7 Å². The SMILES string of the molecule is CCCCNS(=O)[O-].c1ccccc1. The molecule has 80 valence electrons. The minimum Gasteiger partial charge on any atom is -0.760 e. The van der Waals surface area contributed by atoms with E-state index < -0.39 is 11.3 Å². The maximum Gasteiger partial charge on any atom is 0.0181 e. The number of nitrogens with one attached hydrogen (secondary N) is 1. The zero-order valence-corrected chi connectivity index (χ0v) is 9.13. The summed E-state index contributed by atoms with van der Waals surface area (Å²) < 4.78 is 21.8. The van der Waals surface area contributed by atoms with Crippen molar-refractivity contribution in [3.63, 3.8) is 0 Å². The van der Waals surface area contributed by atoms with Crippen LogP contribution in [0.25, 0.3) is 0 Å². The average molecular weight is 214 g/mol. The number of rotatable bonds is 4. The van der Waals surface area contributed by atoms with Gasteiger partial charge in [0.05, 0.1) is 0 Å². The summed E-state index contributed by atoms with van der Waals surface area (Å²) in [7, 11) is 0. The Morgan fingerprint density at radius 1 is 1.14 bits per heavy atom. The van der Waals surface area contributed by atoms with E-state index >= 15 is 0 Å². The second-order valence-electron chi connectivity index (χ2n) is 2.64. The summed E-state index contributed by atoms with van der Waals surface area (Å²) in [5.41, 5.74) is 0. The molecule has 0 aliphatic carbocycles. The van der Waals surface area contributed by atoms with Gasteiger partial charge in [0, 0.05) is 17.8 Å². The molecular formula is C10H16NO2S-. The molecule has 0 radical (unpaired) electrons. The summed E-state index contributed by atoms with van der Waals surface area (Å²) in [5, 5.41) is 0. The molecule has 0 fully saturated rings. The van der Waals surface area contributed by atoms with Crippen molar-refractivity contribution in [2.75, 3.05) is 6.54 Å². The lowest BCUT2D eigenvalue weighted by molar-refractivity contribution is 0.521. The van der Waals surface area contributed by atoms with Crippen LogP contribution in [0.1, 0.15) is 19.8 Å². The highest BCUT2D eigenvalue weighted by Gasteiger charge is 1.80. The summed E-state index contributed by atoms with van der Waals surface area (Å²) in [6.45, 7) is 2.57. The van der Waals surface area contributed by atoms with E-state index in [4.69, 9.17) is 0 Å². The van der Waals surface area contributed by atoms with Crippen molar-refractivity contribution in [2.45, 2.75) is 19.8 Å². The highest BCUT2D eigenvalue weighted by atomic mass is 32.2. The Morgan fingerprint density at radius 2 is 1.57 bits per heavy atom. The van der Waals surface area contributed by atoms with Crippen LogP contribution in [-0.4, -0.2) is 15.3 Å². The zero-order valence-electron chi connectivity index (χ0n) is 8.31. The summed E-state index contributed by atoms with van der Waals surface area (Å²) >= 11 is -2.07. The maximum atomic E-state index is 9.76. The van der Waals surface area contributed by atoms with Gasteiger partial charge < -0.3 is 4.55 Å². The van der Waals surface area contributed by atoms with Crippen molar-refractivity contribution in [2.24, 2.45) is 0 Å². The molecule has 1 unspecified atom stereocenters. The molecular weight excluding hydrogens is 198 g/mol. The molecule has 0 saturated heterocycles. The van der Waals surface area contributed by atoms with Crippen molar-refractivity contribution in [1.29, 1.82) is 0 Å². The topological polar surface area (TPSA) is 52.2 Å². The smallest absolute Gasteiger partial charge is 0.0181 e. The van der Waals surface area contributed by atoms with Crippen molar-refractivity contribution >= 4 is 11.3 Å². The van der Waals surface area contributed by atoms with Crippen molar-refractivity contribution in [1.82, 2.24) is 4.72 Å². The van der Waals surface area contributed by atoms with Crippen LogP contribution in [0.4, 0.5) is 0 Å². The predicted molar refractivity (Wildman–Crippen MR) is 58.3 cm³/mol. The van der Waals surface area contributed by atoms with E-state index in [0.29, 0.717) is 6.54 Å². The molecule has 1 aromatic rings. The summed E-state index contributed by atoms with van der Waals surface area (Å²) in [6.07, 6.45) is 1.93. The van der Waals surface area contributed by atoms with E-state index in [2.05, 4.69) is 4.72 Å². The molecule has 0 aromatic heterocycles. The largest absolute Gasteiger partial charge is 0.760 e. The zero-order chi connectivity index (χ0) is 10.6. The molecule has 1 atom stereocenters. The minimum atomic E-state index is -2.07. The lowest BCUT2D eigenvalue weighted by Gasteiger charge is -2.04. The monoisotopic (exact) mass is 214 g/mol. The standard InChI is InChI=1S/C6H6.C4H11NO2S/c1-2-4-6-5-3-1;1-2-3-4-5-8(6)7/h1-6H;5H,2-4H2,1H3,(H,6,7)/p-1. The second kappa shape index (κ2) is 10.4. The lowest BCUT2D eigenvalue weighted by atomic mass is 10.3. The van der Waals surface area contributed by atoms with Crippen molar-refractivity contribution in [3.05, 3.63) is 36.4 Å². The van der Waals surface area contributed by atoms with Gasteiger partial charge in [-0.2, -0.15) is 0 Å². The molecule has 4 heteroatoms. The van der Waals surface area contributed by atoms with E-state index in [1.165, 1.54) is 0 Å². The summed E-state index contributed by atoms with van der Waals surface area (Å²) in [4.78, 5) is 0. The normalized spacial score (nSPS) is 11.3. The molecule has 0 amide bonds. The van der Waals surface area contributed by atoms with E-state index in [1.54, 1.807) is 0 Å². The first kappa shape index (κ1) is 13.3. The third-order valence-corrected chi connectivity index (χ3v) is 1.86. The molecule has 1 aromatic carbocycles. The molecule has 0 aliphatic rings. The molecule has 0 saturated carbocycles. The van der Waals surface area contributed by atoms with E-state index in [-0.39, 0.29) is 0 Å². The Morgan fingerprint density at radius 3 is 1.86 bits per heavy atom. The Kier molecular flexibility index (Phi) is 9.85. The lowest BCUT2D eigenvalue weighted by Crippen LogP contribution is -2.17. The van der Waals surface area contributed by atoms with Crippen LogP contribution in [0.15, 0.2) is 36.4 Å². The van der Waals surface area contributed by atoms with E-state index in [0.717, 1.165) is 12.8 Å². The van der Waals surface area contributed by atoms with Gasteiger partial charge in [0.15, 0.2) is 0 Å². The number of benzene rings is 1. The average Bonchev–Trinajstić information content (AvgIpc) is 2.21. The quantitative estimate of drug-likeness (QED) is 0.614. The van der Waals surface area contributed by atoms with Crippen LogP contribution in [0.2, 0.25) is 0 Å². The molecule has 1 N–H and O–H groups in total. The van der Waals surface area contributed by atoms with Crippen LogP contribution >= 0.6 is 0 Å². The minimum absolute atomic E-state index is 0.562. The van der Waals surface area contributed by atoms with E-state index in [1.807, 2.05) is 43.3 Å². The maximum absolute atomic E-state index is 9.76. The fourth-order valence-electron chi connectivity index (χ4n) is 0.717. The number of hydrogen-bond donors (Lipinski definition) is 1. The molecule has 3 nitrogen and oxygen atoms in total. The molecule has 0 spiro atoms. The van der Waals surface area contributed by atoms with Crippen molar-refractivity contribution in [3.8, 4) is 0 Å². The Labute approximate surface area is 88.0 Å². The summed E-state index contributed by atoms with van der Waals surface area (Å²) in [5.74, 6) is 0. The number of hydrogen-bond acceptors (Lipinski definition) is 2. The highest BCUT2D eigenvalue weighted by Crippen LogP contribution is 1.81. The first-order chi connectivity index (χ1) is 6.77. The van der Waals surface area contributed by atoms with Crippen LogP contribution < -0.4 is 4.72 Å². The molecule has 0 aliphatic heterocycles. The van der Waals surface area contributed by atoms with Gasteiger partial charge in [0.25, 0.3) is 0 Å². The molecule has 0 bridgehead atoms. The summed E-state index contributed by atoms with van der Waals surface area (Å²) in [6, 6.07) is 12.0. The molecule has 1 rings (SSSR count). The number of unbranched alkanes of at least 4 members (excludes halogenated alkanes) is 1.